The Morgan fingerprint density at radius 3 is 2.16 bits per heavy atom. The third kappa shape index (κ3) is 5.15. The average molecular weight is 450 g/mol. The molecule has 8 heteroatoms. The number of amides is 1. The lowest BCUT2D eigenvalue weighted by atomic mass is 10.1. The van der Waals surface area contributed by atoms with Gasteiger partial charge < -0.3 is 10.7 Å². The largest absolute Gasteiger partial charge is 0.335 e. The van der Waals surface area contributed by atoms with Gasteiger partial charge >= 0.3 is 0 Å². The van der Waals surface area contributed by atoms with Crippen molar-refractivity contribution < 1.29 is 4.79 Å². The number of benzene rings is 2. The minimum atomic E-state index is -0.366. The van der Waals surface area contributed by atoms with Crippen molar-refractivity contribution in [3.8, 4) is 10.7 Å². The summed E-state index contributed by atoms with van der Waals surface area (Å²) < 4.78 is 1.46. The second kappa shape index (κ2) is 9.80. The summed E-state index contributed by atoms with van der Waals surface area (Å²) in [5.74, 6) is 6.84. The molecule has 0 bridgehead atoms. The van der Waals surface area contributed by atoms with Crippen molar-refractivity contribution >= 4 is 29.0 Å². The number of aromatic nitrogens is 3. The first-order valence-electron chi connectivity index (χ1n) is 9.89. The van der Waals surface area contributed by atoms with Gasteiger partial charge in [0.25, 0.3) is 0 Å². The maximum atomic E-state index is 13.4. The fourth-order valence-corrected chi connectivity index (χ4v) is 4.78. The predicted molar refractivity (Wildman–Crippen MR) is 126 cm³/mol. The van der Waals surface area contributed by atoms with Crippen LogP contribution in [0.3, 0.4) is 0 Å². The number of carbonyl (C=O) groups is 1. The molecule has 158 valence electrons. The molecule has 4 rings (SSSR count). The number of thiophene rings is 1. The Morgan fingerprint density at radius 2 is 1.61 bits per heavy atom. The van der Waals surface area contributed by atoms with Crippen LogP contribution in [0, 0.1) is 0 Å². The van der Waals surface area contributed by atoms with E-state index in [1.807, 2.05) is 90.0 Å². The van der Waals surface area contributed by atoms with E-state index in [4.69, 9.17) is 5.84 Å². The lowest BCUT2D eigenvalue weighted by molar-refractivity contribution is -0.131. The number of rotatable bonds is 8. The molecule has 2 aromatic heterocycles. The smallest absolute Gasteiger partial charge is 0.236 e. The highest BCUT2D eigenvalue weighted by Crippen LogP contribution is 2.28. The average Bonchev–Trinajstić information content (AvgIpc) is 3.44. The molecule has 2 aromatic carbocycles. The molecule has 0 aliphatic rings. The molecule has 0 radical (unpaired) electrons. The fraction of sp³-hybridized carbons (Fsp3) is 0.174. The Bertz CT molecular complexity index is 1070. The highest BCUT2D eigenvalue weighted by atomic mass is 32.2. The normalized spacial score (nSPS) is 11.9. The van der Waals surface area contributed by atoms with Crippen LogP contribution in [0.1, 0.15) is 18.1 Å². The maximum absolute atomic E-state index is 13.4. The van der Waals surface area contributed by atoms with Gasteiger partial charge in [-0.15, -0.1) is 21.5 Å². The zero-order valence-corrected chi connectivity index (χ0v) is 18.7. The van der Waals surface area contributed by atoms with Crippen LogP contribution in [0.5, 0.6) is 0 Å². The van der Waals surface area contributed by atoms with Crippen LogP contribution in [0.4, 0.5) is 0 Å². The lowest BCUT2D eigenvalue weighted by Gasteiger charge is -2.26. The summed E-state index contributed by atoms with van der Waals surface area (Å²) >= 11 is 2.87. The van der Waals surface area contributed by atoms with E-state index in [-0.39, 0.29) is 11.2 Å². The van der Waals surface area contributed by atoms with Crippen LogP contribution in [-0.2, 0) is 17.9 Å². The van der Waals surface area contributed by atoms with Gasteiger partial charge in [0.15, 0.2) is 5.82 Å². The van der Waals surface area contributed by atoms with E-state index in [1.54, 1.807) is 11.3 Å². The Morgan fingerprint density at radius 1 is 1.00 bits per heavy atom. The van der Waals surface area contributed by atoms with Crippen LogP contribution in [0.15, 0.2) is 83.3 Å². The van der Waals surface area contributed by atoms with Crippen molar-refractivity contribution in [2.24, 2.45) is 0 Å². The number of thioether (sulfide) groups is 1. The molecular formula is C23H23N5OS2. The van der Waals surface area contributed by atoms with Crippen molar-refractivity contribution in [1.82, 2.24) is 19.8 Å². The van der Waals surface area contributed by atoms with Gasteiger partial charge in [-0.2, -0.15) is 0 Å². The van der Waals surface area contributed by atoms with Gasteiger partial charge in [0.05, 0.1) is 10.1 Å². The first kappa shape index (κ1) is 21.1. The molecule has 0 aliphatic heterocycles. The number of nitrogens with zero attached hydrogens (tertiary/aromatic N) is 4. The summed E-state index contributed by atoms with van der Waals surface area (Å²) in [5, 5.41) is 10.5. The predicted octanol–water partition coefficient (Wildman–Crippen LogP) is 4.43. The quantitative estimate of drug-likeness (QED) is 0.318. The van der Waals surface area contributed by atoms with E-state index < -0.39 is 0 Å². The number of nitrogens with two attached hydrogens (primary N) is 1. The highest BCUT2D eigenvalue weighted by molar-refractivity contribution is 8.00. The maximum Gasteiger partial charge on any atom is 0.236 e. The molecule has 0 spiro atoms. The third-order valence-corrected chi connectivity index (χ3v) is 6.69. The van der Waals surface area contributed by atoms with E-state index in [0.29, 0.717) is 24.1 Å². The molecule has 0 fully saturated rings. The van der Waals surface area contributed by atoms with Crippen molar-refractivity contribution in [1.29, 1.82) is 0 Å². The van der Waals surface area contributed by atoms with Crippen LogP contribution in [0.25, 0.3) is 10.7 Å². The number of carbonyl (C=O) groups excluding carboxylic acids is 1. The molecule has 31 heavy (non-hydrogen) atoms. The monoisotopic (exact) mass is 449 g/mol. The van der Waals surface area contributed by atoms with Crippen LogP contribution < -0.4 is 5.84 Å². The molecule has 0 saturated heterocycles. The number of hydrogen-bond acceptors (Lipinski definition) is 6. The number of nitrogen functional groups attached to an aromatic ring is 1. The van der Waals surface area contributed by atoms with Crippen molar-refractivity contribution in [3.63, 3.8) is 0 Å². The summed E-state index contributed by atoms with van der Waals surface area (Å²) in [5.41, 5.74) is 2.18. The van der Waals surface area contributed by atoms with Crippen molar-refractivity contribution in [3.05, 3.63) is 89.3 Å². The van der Waals surface area contributed by atoms with Gasteiger partial charge in [-0.1, -0.05) is 78.5 Å². The van der Waals surface area contributed by atoms with E-state index in [0.717, 1.165) is 16.0 Å². The lowest BCUT2D eigenvalue weighted by Crippen LogP contribution is -2.36. The molecule has 2 heterocycles. The summed E-state index contributed by atoms with van der Waals surface area (Å²) in [6.45, 7) is 2.96. The molecule has 1 unspecified atom stereocenters. The van der Waals surface area contributed by atoms with Crippen molar-refractivity contribution in [2.75, 3.05) is 5.84 Å². The Labute approximate surface area is 189 Å². The van der Waals surface area contributed by atoms with Gasteiger partial charge in [-0.25, -0.2) is 4.68 Å². The minimum absolute atomic E-state index is 0.0263. The molecule has 2 N–H and O–H groups in total. The van der Waals surface area contributed by atoms with E-state index in [2.05, 4.69) is 10.2 Å². The highest BCUT2D eigenvalue weighted by Gasteiger charge is 2.25. The Kier molecular flexibility index (Phi) is 6.69. The van der Waals surface area contributed by atoms with E-state index >= 15 is 0 Å². The van der Waals surface area contributed by atoms with Gasteiger partial charge in [0, 0.05) is 13.1 Å². The third-order valence-electron chi connectivity index (χ3n) is 4.78. The SMILES string of the molecule is CC(Sc1nnc(-c2cccs2)n1N)C(=O)N(Cc1ccccc1)Cc1ccccc1. The van der Waals surface area contributed by atoms with E-state index in [9.17, 15) is 4.79 Å². The van der Waals surface area contributed by atoms with Gasteiger partial charge in [0.2, 0.25) is 11.1 Å². The second-order valence-corrected chi connectivity index (χ2v) is 9.33. The van der Waals surface area contributed by atoms with Crippen molar-refractivity contribution in [2.45, 2.75) is 30.4 Å². The second-order valence-electron chi connectivity index (χ2n) is 7.08. The fourth-order valence-electron chi connectivity index (χ4n) is 3.22. The summed E-state index contributed by atoms with van der Waals surface area (Å²) in [6, 6.07) is 23.9. The molecule has 4 aromatic rings. The first-order chi connectivity index (χ1) is 15.1. The zero-order valence-electron chi connectivity index (χ0n) is 17.1. The molecule has 1 amide bonds. The first-order valence-corrected chi connectivity index (χ1v) is 11.7. The van der Waals surface area contributed by atoms with Crippen LogP contribution >= 0.6 is 23.1 Å². The minimum Gasteiger partial charge on any atom is -0.335 e. The molecular weight excluding hydrogens is 426 g/mol. The van der Waals surface area contributed by atoms with E-state index in [1.165, 1.54) is 16.4 Å². The standard InChI is InChI=1S/C23H23N5OS2/c1-17(31-23-26-25-21(28(23)24)20-13-8-14-30-20)22(29)27(15-18-9-4-2-5-10-18)16-19-11-6-3-7-12-19/h2-14,17H,15-16,24H2,1H3. The van der Waals surface area contributed by atoms with Crippen LogP contribution in [-0.4, -0.2) is 30.9 Å². The number of hydrogen-bond donors (Lipinski definition) is 1. The molecule has 6 nitrogen and oxygen atoms in total. The Balaban J connectivity index is 1.51. The summed E-state index contributed by atoms with van der Waals surface area (Å²) in [4.78, 5) is 16.2. The van der Waals surface area contributed by atoms with Gasteiger partial charge in [0.1, 0.15) is 0 Å². The summed E-state index contributed by atoms with van der Waals surface area (Å²) in [6.07, 6.45) is 0. The molecule has 0 aliphatic carbocycles. The van der Waals surface area contributed by atoms with Gasteiger partial charge in [-0.3, -0.25) is 4.79 Å². The summed E-state index contributed by atoms with van der Waals surface area (Å²) in [7, 11) is 0. The topological polar surface area (TPSA) is 77.0 Å². The Hall–Kier alpha value is -3.10. The molecule has 0 saturated carbocycles. The van der Waals surface area contributed by atoms with Crippen LogP contribution in [0.2, 0.25) is 0 Å². The zero-order chi connectivity index (χ0) is 21.6. The molecule has 1 atom stereocenters. The van der Waals surface area contributed by atoms with Gasteiger partial charge in [-0.05, 0) is 29.5 Å².